The van der Waals surface area contributed by atoms with Crippen LogP contribution in [-0.4, -0.2) is 63.9 Å². The molecule has 166 valence electrons. The maximum atomic E-state index is 13.3. The number of fused-ring (bicyclic) bond motifs is 1. The van der Waals surface area contributed by atoms with Crippen LogP contribution in [0.3, 0.4) is 0 Å². The molecule has 0 saturated carbocycles. The summed E-state index contributed by atoms with van der Waals surface area (Å²) in [5, 5.41) is 3.15. The zero-order valence-electron chi connectivity index (χ0n) is 17.2. The first-order chi connectivity index (χ1) is 14.9. The van der Waals surface area contributed by atoms with Gasteiger partial charge < -0.3 is 24.3 Å². The van der Waals surface area contributed by atoms with Gasteiger partial charge in [-0.3, -0.25) is 0 Å². The topological polar surface area (TPSA) is 116 Å². The maximum absolute atomic E-state index is 13.3. The number of methoxy groups -OCH3 is 1. The standard InChI is InChI=1S/C20H23N3O7S/c1-13(14-3-4-16-17(9-14)30-12-29-16)22-19-18(10-15(11-21-19)20(24)27-2)31(25,26)23-5-7-28-8-6-23/h3-4,9-11,13H,5-8,12H2,1-2H3,(H,21,22). The van der Waals surface area contributed by atoms with Crippen LogP contribution in [0.25, 0.3) is 0 Å². The Kier molecular flexibility index (Phi) is 5.99. The van der Waals surface area contributed by atoms with Crippen molar-refractivity contribution in [2.75, 3.05) is 45.5 Å². The summed E-state index contributed by atoms with van der Waals surface area (Å²) in [5.74, 6) is 0.763. The fraction of sp³-hybridized carbons (Fsp3) is 0.400. The summed E-state index contributed by atoms with van der Waals surface area (Å²) < 4.78 is 48.8. The van der Waals surface area contributed by atoms with Gasteiger partial charge in [0.25, 0.3) is 0 Å². The Morgan fingerprint density at radius 1 is 1.19 bits per heavy atom. The number of morpholine rings is 1. The minimum Gasteiger partial charge on any atom is -0.465 e. The Labute approximate surface area is 180 Å². The van der Waals surface area contributed by atoms with Crippen LogP contribution in [0, 0.1) is 0 Å². The Bertz CT molecular complexity index is 1080. The third-order valence-corrected chi connectivity index (χ3v) is 7.02. The SMILES string of the molecule is COC(=O)c1cnc(NC(C)c2ccc3c(c2)OCO3)c(S(=O)(=O)N2CCOCC2)c1. The van der Waals surface area contributed by atoms with Crippen molar-refractivity contribution in [1.82, 2.24) is 9.29 Å². The van der Waals surface area contributed by atoms with Crippen molar-refractivity contribution >= 4 is 21.8 Å². The first kappa shape index (κ1) is 21.3. The van der Waals surface area contributed by atoms with Gasteiger partial charge >= 0.3 is 5.97 Å². The number of benzene rings is 1. The second kappa shape index (κ2) is 8.69. The number of esters is 1. The molecule has 0 bridgehead atoms. The van der Waals surface area contributed by atoms with Crippen molar-refractivity contribution in [3.63, 3.8) is 0 Å². The summed E-state index contributed by atoms with van der Waals surface area (Å²) in [4.78, 5) is 16.1. The molecule has 1 aromatic heterocycles. The Morgan fingerprint density at radius 3 is 2.68 bits per heavy atom. The summed E-state index contributed by atoms with van der Waals surface area (Å²) in [6.07, 6.45) is 1.29. The number of rotatable bonds is 6. The molecule has 2 aliphatic rings. The lowest BCUT2D eigenvalue weighted by molar-refractivity contribution is 0.0600. The number of anilines is 1. The van der Waals surface area contributed by atoms with E-state index in [4.69, 9.17) is 18.9 Å². The predicted molar refractivity (Wildman–Crippen MR) is 110 cm³/mol. The van der Waals surface area contributed by atoms with E-state index in [9.17, 15) is 13.2 Å². The Balaban J connectivity index is 1.68. The molecule has 10 nitrogen and oxygen atoms in total. The molecule has 0 radical (unpaired) electrons. The minimum absolute atomic E-state index is 0.0515. The molecule has 1 saturated heterocycles. The largest absolute Gasteiger partial charge is 0.465 e. The molecular formula is C20H23N3O7S. The Hall–Kier alpha value is -2.89. The number of nitrogens with one attached hydrogen (secondary N) is 1. The molecule has 11 heteroatoms. The highest BCUT2D eigenvalue weighted by molar-refractivity contribution is 7.89. The molecule has 3 heterocycles. The van der Waals surface area contributed by atoms with Crippen LogP contribution in [-0.2, 0) is 19.5 Å². The number of carbonyl (C=O) groups is 1. The van der Waals surface area contributed by atoms with Crippen molar-refractivity contribution in [3.05, 3.63) is 41.6 Å². The third-order valence-electron chi connectivity index (χ3n) is 5.11. The van der Waals surface area contributed by atoms with Crippen LogP contribution in [0.5, 0.6) is 11.5 Å². The molecule has 1 atom stereocenters. The highest BCUT2D eigenvalue weighted by atomic mass is 32.2. The van der Waals surface area contributed by atoms with E-state index in [0.29, 0.717) is 24.7 Å². The van der Waals surface area contributed by atoms with Crippen LogP contribution in [0.4, 0.5) is 5.82 Å². The van der Waals surface area contributed by atoms with E-state index < -0.39 is 16.0 Å². The molecule has 1 aromatic carbocycles. The third kappa shape index (κ3) is 4.29. The van der Waals surface area contributed by atoms with E-state index in [0.717, 1.165) is 5.56 Å². The fourth-order valence-corrected chi connectivity index (χ4v) is 4.92. The predicted octanol–water partition coefficient (Wildman–Crippen LogP) is 1.79. The van der Waals surface area contributed by atoms with Crippen molar-refractivity contribution in [2.45, 2.75) is 17.9 Å². The summed E-state index contributed by atoms with van der Waals surface area (Å²) in [5.41, 5.74) is 0.911. The smallest absolute Gasteiger partial charge is 0.339 e. The average molecular weight is 449 g/mol. The normalized spacial score (nSPS) is 17.2. The van der Waals surface area contributed by atoms with Gasteiger partial charge in [0, 0.05) is 19.3 Å². The zero-order valence-corrected chi connectivity index (χ0v) is 18.0. The van der Waals surface area contributed by atoms with E-state index in [2.05, 4.69) is 10.3 Å². The van der Waals surface area contributed by atoms with Crippen LogP contribution in [0.1, 0.15) is 28.9 Å². The van der Waals surface area contributed by atoms with Gasteiger partial charge in [0.2, 0.25) is 16.8 Å². The molecule has 4 rings (SSSR count). The molecule has 31 heavy (non-hydrogen) atoms. The quantitative estimate of drug-likeness (QED) is 0.659. The molecule has 1 unspecified atom stereocenters. The van der Waals surface area contributed by atoms with Gasteiger partial charge in [-0.2, -0.15) is 4.31 Å². The van der Waals surface area contributed by atoms with Crippen molar-refractivity contribution in [3.8, 4) is 11.5 Å². The van der Waals surface area contributed by atoms with Crippen molar-refractivity contribution in [1.29, 1.82) is 0 Å². The van der Waals surface area contributed by atoms with Gasteiger partial charge in [-0.25, -0.2) is 18.2 Å². The first-order valence-electron chi connectivity index (χ1n) is 9.72. The monoisotopic (exact) mass is 449 g/mol. The number of nitrogens with zero attached hydrogens (tertiary/aromatic N) is 2. The molecule has 0 spiro atoms. The highest BCUT2D eigenvalue weighted by Gasteiger charge is 2.31. The second-order valence-corrected chi connectivity index (χ2v) is 8.96. The Morgan fingerprint density at radius 2 is 1.94 bits per heavy atom. The average Bonchev–Trinajstić information content (AvgIpc) is 3.27. The fourth-order valence-electron chi connectivity index (χ4n) is 3.38. The number of aromatic nitrogens is 1. The van der Waals surface area contributed by atoms with Gasteiger partial charge in [-0.05, 0) is 30.7 Å². The summed E-state index contributed by atoms with van der Waals surface area (Å²) in [6.45, 7) is 3.10. The summed E-state index contributed by atoms with van der Waals surface area (Å²) in [6, 6.07) is 6.49. The lowest BCUT2D eigenvalue weighted by Gasteiger charge is -2.27. The molecule has 2 aromatic rings. The van der Waals surface area contributed by atoms with E-state index in [1.54, 1.807) is 6.07 Å². The first-order valence-corrected chi connectivity index (χ1v) is 11.2. The maximum Gasteiger partial charge on any atom is 0.339 e. The van der Waals surface area contributed by atoms with Gasteiger partial charge in [0.1, 0.15) is 10.7 Å². The van der Waals surface area contributed by atoms with Gasteiger partial charge in [-0.1, -0.05) is 6.07 Å². The van der Waals surface area contributed by atoms with Crippen molar-refractivity contribution < 1.29 is 32.2 Å². The molecular weight excluding hydrogens is 426 g/mol. The lowest BCUT2D eigenvalue weighted by atomic mass is 10.1. The summed E-state index contributed by atoms with van der Waals surface area (Å²) >= 11 is 0. The van der Waals surface area contributed by atoms with Crippen LogP contribution in [0.15, 0.2) is 35.4 Å². The number of carbonyl (C=O) groups excluding carboxylic acids is 1. The number of hydrogen-bond donors (Lipinski definition) is 1. The number of hydrogen-bond acceptors (Lipinski definition) is 9. The lowest BCUT2D eigenvalue weighted by Crippen LogP contribution is -2.41. The van der Waals surface area contributed by atoms with Gasteiger partial charge in [0.15, 0.2) is 11.5 Å². The molecule has 0 aliphatic carbocycles. The van der Waals surface area contributed by atoms with Crippen LogP contribution >= 0.6 is 0 Å². The highest BCUT2D eigenvalue weighted by Crippen LogP contribution is 2.35. The number of sulfonamides is 1. The van der Waals surface area contributed by atoms with Crippen LogP contribution < -0.4 is 14.8 Å². The molecule has 2 aliphatic heterocycles. The van der Waals surface area contributed by atoms with Gasteiger partial charge in [-0.15, -0.1) is 0 Å². The van der Waals surface area contributed by atoms with E-state index in [1.807, 2.05) is 19.1 Å². The number of pyridine rings is 1. The van der Waals surface area contributed by atoms with E-state index >= 15 is 0 Å². The molecule has 1 fully saturated rings. The van der Waals surface area contributed by atoms with E-state index in [1.165, 1.54) is 23.7 Å². The summed E-state index contributed by atoms with van der Waals surface area (Å²) in [7, 11) is -2.69. The zero-order chi connectivity index (χ0) is 22.0. The van der Waals surface area contributed by atoms with Gasteiger partial charge in [0.05, 0.1) is 31.9 Å². The van der Waals surface area contributed by atoms with Crippen molar-refractivity contribution in [2.24, 2.45) is 0 Å². The second-order valence-electron chi connectivity index (χ2n) is 7.06. The molecule has 1 N–H and O–H groups in total. The van der Waals surface area contributed by atoms with Crippen LogP contribution in [0.2, 0.25) is 0 Å². The number of ether oxygens (including phenoxy) is 4. The molecule has 0 amide bonds. The van der Waals surface area contributed by atoms with E-state index in [-0.39, 0.29) is 42.2 Å². The minimum atomic E-state index is -3.92.